The summed E-state index contributed by atoms with van der Waals surface area (Å²) in [5.41, 5.74) is 0. The zero-order valence-electron chi connectivity index (χ0n) is 16.5. The first-order chi connectivity index (χ1) is 13.3. The lowest BCUT2D eigenvalue weighted by molar-refractivity contribution is 0.111. The van der Waals surface area contributed by atoms with Crippen LogP contribution in [0.5, 0.6) is 0 Å². The Hall–Kier alpha value is -1.24. The van der Waals surface area contributed by atoms with E-state index in [1.54, 1.807) is 11.3 Å². The molecule has 2 aliphatic heterocycles. The number of thiophene rings is 1. The lowest BCUT2D eigenvalue weighted by Gasteiger charge is -2.37. The highest BCUT2D eigenvalue weighted by Crippen LogP contribution is 2.23. The molecule has 2 aromatic heterocycles. The quantitative estimate of drug-likeness (QED) is 0.712. The van der Waals surface area contributed by atoms with Gasteiger partial charge in [-0.1, -0.05) is 18.1 Å². The van der Waals surface area contributed by atoms with E-state index in [2.05, 4.69) is 26.9 Å². The van der Waals surface area contributed by atoms with Gasteiger partial charge in [-0.05, 0) is 81.6 Å². The molecule has 0 amide bonds. The summed E-state index contributed by atoms with van der Waals surface area (Å²) in [7, 11) is 0. The standard InChI is InChI=1S/C21H32N4OS/c1-17-8-12-25(13-9-17)16-18-5-2-10-24(15-18)11-3-7-20-22-21(23-26-20)19-6-4-14-27-19/h4,6,14,17-18H,2-3,5,7-13,15-16H2,1H3. The molecule has 2 aromatic rings. The molecule has 2 saturated heterocycles. The predicted molar refractivity (Wildman–Crippen MR) is 110 cm³/mol. The first kappa shape index (κ1) is 19.1. The van der Waals surface area contributed by atoms with E-state index in [0.29, 0.717) is 0 Å². The van der Waals surface area contributed by atoms with Gasteiger partial charge in [0, 0.05) is 19.5 Å². The molecule has 148 valence electrons. The van der Waals surface area contributed by atoms with Crippen LogP contribution in [0.2, 0.25) is 0 Å². The summed E-state index contributed by atoms with van der Waals surface area (Å²) in [5.74, 6) is 3.28. The average molecular weight is 389 g/mol. The molecule has 1 unspecified atom stereocenters. The van der Waals surface area contributed by atoms with Gasteiger partial charge >= 0.3 is 0 Å². The van der Waals surface area contributed by atoms with Crippen LogP contribution in [0.15, 0.2) is 22.0 Å². The van der Waals surface area contributed by atoms with Gasteiger partial charge in [0.15, 0.2) is 0 Å². The van der Waals surface area contributed by atoms with Gasteiger partial charge in [-0.15, -0.1) is 11.3 Å². The lowest BCUT2D eigenvalue weighted by Crippen LogP contribution is -2.43. The van der Waals surface area contributed by atoms with Crippen LogP contribution in [0.3, 0.4) is 0 Å². The maximum Gasteiger partial charge on any atom is 0.227 e. The molecule has 0 aromatic carbocycles. The van der Waals surface area contributed by atoms with Gasteiger partial charge in [0.05, 0.1) is 4.88 Å². The molecule has 2 fully saturated rings. The van der Waals surface area contributed by atoms with Crippen molar-refractivity contribution in [1.82, 2.24) is 19.9 Å². The second-order valence-electron chi connectivity index (χ2n) is 8.38. The second-order valence-corrected chi connectivity index (χ2v) is 9.33. The normalized spacial score (nSPS) is 23.1. The van der Waals surface area contributed by atoms with Crippen LogP contribution in [0, 0.1) is 11.8 Å². The van der Waals surface area contributed by atoms with E-state index >= 15 is 0 Å². The third-order valence-corrected chi connectivity index (χ3v) is 6.94. The molecule has 1 atom stereocenters. The molecule has 5 nitrogen and oxygen atoms in total. The predicted octanol–water partition coefficient (Wildman–Crippen LogP) is 4.17. The van der Waals surface area contributed by atoms with Gasteiger partial charge in [0.1, 0.15) is 0 Å². The molecule has 0 saturated carbocycles. The molecule has 27 heavy (non-hydrogen) atoms. The monoisotopic (exact) mass is 388 g/mol. The maximum absolute atomic E-state index is 5.43. The zero-order chi connectivity index (χ0) is 18.5. The van der Waals surface area contributed by atoms with E-state index < -0.39 is 0 Å². The van der Waals surface area contributed by atoms with Gasteiger partial charge in [0.2, 0.25) is 11.7 Å². The van der Waals surface area contributed by atoms with Crippen LogP contribution in [0.25, 0.3) is 10.7 Å². The van der Waals surface area contributed by atoms with Gasteiger partial charge < -0.3 is 14.3 Å². The number of piperidine rings is 2. The van der Waals surface area contributed by atoms with Crippen LogP contribution in [0.4, 0.5) is 0 Å². The lowest BCUT2D eigenvalue weighted by atomic mass is 9.94. The van der Waals surface area contributed by atoms with Crippen molar-refractivity contribution < 1.29 is 4.52 Å². The van der Waals surface area contributed by atoms with E-state index in [1.165, 1.54) is 58.4 Å². The summed E-state index contributed by atoms with van der Waals surface area (Å²) in [5, 5.41) is 6.16. The molecule has 0 aliphatic carbocycles. The third kappa shape index (κ3) is 5.39. The Bertz CT molecular complexity index is 678. The van der Waals surface area contributed by atoms with Crippen LogP contribution in [-0.2, 0) is 6.42 Å². The number of hydrogen-bond donors (Lipinski definition) is 0. The number of nitrogens with zero attached hydrogens (tertiary/aromatic N) is 4. The van der Waals surface area contributed by atoms with Crippen LogP contribution < -0.4 is 0 Å². The third-order valence-electron chi connectivity index (χ3n) is 6.07. The van der Waals surface area contributed by atoms with Crippen LogP contribution in [0.1, 0.15) is 44.9 Å². The SMILES string of the molecule is CC1CCN(CC2CCCN(CCCc3nc(-c4cccs4)no3)C2)CC1. The van der Waals surface area contributed by atoms with Gasteiger partial charge in [0.25, 0.3) is 0 Å². The molecule has 0 N–H and O–H groups in total. The number of aryl methyl sites for hydroxylation is 1. The average Bonchev–Trinajstić information content (AvgIpc) is 3.36. The van der Waals surface area contributed by atoms with E-state index in [-0.39, 0.29) is 0 Å². The van der Waals surface area contributed by atoms with E-state index in [4.69, 9.17) is 4.52 Å². The van der Waals surface area contributed by atoms with Crippen LogP contribution >= 0.6 is 11.3 Å². The van der Waals surface area contributed by atoms with E-state index in [0.717, 1.165) is 47.8 Å². The largest absolute Gasteiger partial charge is 0.339 e. The molecule has 0 bridgehead atoms. The van der Waals surface area contributed by atoms with Crippen molar-refractivity contribution in [3.63, 3.8) is 0 Å². The van der Waals surface area contributed by atoms with Crippen molar-refractivity contribution in [1.29, 1.82) is 0 Å². The Morgan fingerprint density at radius 2 is 2.07 bits per heavy atom. The number of aromatic nitrogens is 2. The smallest absolute Gasteiger partial charge is 0.227 e. The highest BCUT2D eigenvalue weighted by Gasteiger charge is 2.24. The van der Waals surface area contributed by atoms with Gasteiger partial charge in [-0.3, -0.25) is 0 Å². The Labute approximate surface area is 166 Å². The highest BCUT2D eigenvalue weighted by molar-refractivity contribution is 7.13. The first-order valence-corrected chi connectivity index (χ1v) is 11.5. The molecule has 0 radical (unpaired) electrons. The van der Waals surface area contributed by atoms with E-state index in [9.17, 15) is 0 Å². The van der Waals surface area contributed by atoms with Crippen molar-refractivity contribution in [3.8, 4) is 10.7 Å². The molecule has 2 aliphatic rings. The number of likely N-dealkylation sites (tertiary alicyclic amines) is 2. The first-order valence-electron chi connectivity index (χ1n) is 10.6. The number of rotatable bonds is 7. The molecule has 0 spiro atoms. The summed E-state index contributed by atoms with van der Waals surface area (Å²) in [6, 6.07) is 4.06. The fraction of sp³-hybridized carbons (Fsp3) is 0.714. The Morgan fingerprint density at radius 1 is 1.19 bits per heavy atom. The van der Waals surface area contributed by atoms with Crippen molar-refractivity contribution in [2.75, 3.05) is 39.3 Å². The summed E-state index contributed by atoms with van der Waals surface area (Å²) < 4.78 is 5.43. The minimum absolute atomic E-state index is 0.730. The van der Waals surface area contributed by atoms with Crippen molar-refractivity contribution in [2.24, 2.45) is 11.8 Å². The summed E-state index contributed by atoms with van der Waals surface area (Å²) in [6.07, 6.45) is 7.49. The van der Waals surface area contributed by atoms with Gasteiger partial charge in [-0.25, -0.2) is 0 Å². The summed E-state index contributed by atoms with van der Waals surface area (Å²) in [4.78, 5) is 11.0. The fourth-order valence-electron chi connectivity index (χ4n) is 4.43. The Kier molecular flexibility index (Phi) is 6.58. The summed E-state index contributed by atoms with van der Waals surface area (Å²) >= 11 is 1.65. The highest BCUT2D eigenvalue weighted by atomic mass is 32.1. The number of hydrogen-bond acceptors (Lipinski definition) is 6. The van der Waals surface area contributed by atoms with Crippen molar-refractivity contribution >= 4 is 11.3 Å². The molecule has 4 heterocycles. The van der Waals surface area contributed by atoms with Crippen LogP contribution in [-0.4, -0.2) is 59.2 Å². The molecular formula is C21H32N4OS. The molecular weight excluding hydrogens is 356 g/mol. The Balaban J connectivity index is 1.18. The second kappa shape index (κ2) is 9.30. The topological polar surface area (TPSA) is 45.4 Å². The van der Waals surface area contributed by atoms with E-state index in [1.807, 2.05) is 17.5 Å². The van der Waals surface area contributed by atoms with Crippen molar-refractivity contribution in [2.45, 2.75) is 45.4 Å². The minimum Gasteiger partial charge on any atom is -0.339 e. The minimum atomic E-state index is 0.730. The fourth-order valence-corrected chi connectivity index (χ4v) is 5.08. The zero-order valence-corrected chi connectivity index (χ0v) is 17.3. The van der Waals surface area contributed by atoms with Crippen molar-refractivity contribution in [3.05, 3.63) is 23.4 Å². The molecule has 4 rings (SSSR count). The maximum atomic E-state index is 5.43. The Morgan fingerprint density at radius 3 is 2.89 bits per heavy atom. The molecule has 6 heteroatoms. The summed E-state index contributed by atoms with van der Waals surface area (Å²) in [6.45, 7) is 9.96. The van der Waals surface area contributed by atoms with Gasteiger partial charge in [-0.2, -0.15) is 4.98 Å².